The number of fused-ring (bicyclic) bond motifs is 1. The van der Waals surface area contributed by atoms with Crippen LogP contribution < -0.4 is 10.1 Å². The molecule has 0 fully saturated rings. The van der Waals surface area contributed by atoms with Gasteiger partial charge in [0.1, 0.15) is 5.75 Å². The minimum Gasteiger partial charge on any atom is -0.493 e. The number of nitrogens with one attached hydrogen (secondary N) is 1. The van der Waals surface area contributed by atoms with Crippen LogP contribution in [0.25, 0.3) is 0 Å². The lowest BCUT2D eigenvalue weighted by Gasteiger charge is -2.16. The highest BCUT2D eigenvalue weighted by molar-refractivity contribution is 5.98. The van der Waals surface area contributed by atoms with Gasteiger partial charge >= 0.3 is 0 Å². The Bertz CT molecular complexity index is 508. The summed E-state index contributed by atoms with van der Waals surface area (Å²) >= 11 is 0. The fourth-order valence-electron chi connectivity index (χ4n) is 2.35. The summed E-state index contributed by atoms with van der Waals surface area (Å²) in [5.74, 6) is 0.833. The maximum Gasteiger partial charge on any atom is 0.223 e. The number of amides is 1. The molecule has 1 aromatic carbocycles. The number of carbonyl (C=O) groups excluding carboxylic acids is 2. The Kier molecular flexibility index (Phi) is 4.77. The van der Waals surface area contributed by atoms with E-state index in [4.69, 9.17) is 4.74 Å². The van der Waals surface area contributed by atoms with E-state index in [1.54, 1.807) is 6.07 Å². The fraction of sp³-hybridized carbons (Fsp3) is 0.500. The Hall–Kier alpha value is -1.84. The van der Waals surface area contributed by atoms with Crippen molar-refractivity contribution in [3.63, 3.8) is 0 Å². The van der Waals surface area contributed by atoms with Gasteiger partial charge in [0.05, 0.1) is 13.0 Å². The zero-order valence-corrected chi connectivity index (χ0v) is 12.1. The van der Waals surface area contributed by atoms with Gasteiger partial charge in [0.15, 0.2) is 5.78 Å². The second kappa shape index (κ2) is 6.55. The zero-order valence-electron chi connectivity index (χ0n) is 12.1. The molecule has 0 bridgehead atoms. The number of hydrogen-bond donors (Lipinski definition) is 1. The van der Waals surface area contributed by atoms with Gasteiger partial charge in [-0.2, -0.15) is 0 Å². The van der Waals surface area contributed by atoms with Crippen LogP contribution in [0.5, 0.6) is 5.75 Å². The van der Waals surface area contributed by atoms with E-state index in [9.17, 15) is 9.59 Å². The number of aryl methyl sites for hydroxylation is 1. The second-order valence-electron chi connectivity index (χ2n) is 5.42. The van der Waals surface area contributed by atoms with Crippen LogP contribution in [0.1, 0.15) is 49.0 Å². The van der Waals surface area contributed by atoms with E-state index in [0.717, 1.165) is 24.0 Å². The Morgan fingerprint density at radius 3 is 2.90 bits per heavy atom. The molecule has 1 N–H and O–H groups in total. The normalized spacial score (nSPS) is 14.1. The third-order valence-electron chi connectivity index (χ3n) is 3.28. The van der Waals surface area contributed by atoms with Crippen LogP contribution >= 0.6 is 0 Å². The number of ketones is 1. The first-order valence-electron chi connectivity index (χ1n) is 7.14. The largest absolute Gasteiger partial charge is 0.493 e. The predicted octanol–water partition coefficient (Wildman–Crippen LogP) is 2.50. The van der Waals surface area contributed by atoms with E-state index in [1.807, 2.05) is 26.0 Å². The lowest BCUT2D eigenvalue weighted by atomic mass is 9.90. The maximum absolute atomic E-state index is 11.8. The molecule has 1 aliphatic rings. The second-order valence-corrected chi connectivity index (χ2v) is 5.42. The number of rotatable bonds is 5. The van der Waals surface area contributed by atoms with Crippen LogP contribution in [0.15, 0.2) is 18.2 Å². The van der Waals surface area contributed by atoms with Crippen molar-refractivity contribution < 1.29 is 14.3 Å². The summed E-state index contributed by atoms with van der Waals surface area (Å²) in [6, 6.07) is 5.77. The Morgan fingerprint density at radius 2 is 2.15 bits per heavy atom. The van der Waals surface area contributed by atoms with Crippen molar-refractivity contribution in [2.45, 2.75) is 45.6 Å². The molecule has 0 heterocycles. The van der Waals surface area contributed by atoms with Crippen LogP contribution in [0.4, 0.5) is 0 Å². The highest BCUT2D eigenvalue weighted by Gasteiger charge is 2.17. The van der Waals surface area contributed by atoms with Gasteiger partial charge in [0, 0.05) is 18.0 Å². The Labute approximate surface area is 119 Å². The summed E-state index contributed by atoms with van der Waals surface area (Å²) in [5, 5.41) is 2.81. The third kappa shape index (κ3) is 3.83. The molecule has 0 saturated carbocycles. The van der Waals surface area contributed by atoms with Crippen LogP contribution in [-0.2, 0) is 11.2 Å². The predicted molar refractivity (Wildman–Crippen MR) is 77.1 cm³/mol. The Morgan fingerprint density at radius 1 is 1.35 bits per heavy atom. The van der Waals surface area contributed by atoms with E-state index < -0.39 is 0 Å². The quantitative estimate of drug-likeness (QED) is 0.898. The fourth-order valence-corrected chi connectivity index (χ4v) is 2.35. The molecule has 2 rings (SSSR count). The van der Waals surface area contributed by atoms with Gasteiger partial charge in [-0.15, -0.1) is 0 Å². The highest BCUT2D eigenvalue weighted by atomic mass is 16.5. The van der Waals surface area contributed by atoms with E-state index in [0.29, 0.717) is 25.2 Å². The summed E-state index contributed by atoms with van der Waals surface area (Å²) < 4.78 is 5.56. The number of carbonyl (C=O) groups is 2. The van der Waals surface area contributed by atoms with Crippen LogP contribution in [0.3, 0.4) is 0 Å². The molecule has 108 valence electrons. The number of Topliss-reactive ketones (excluding diaryl/α,β-unsaturated/α-hetero) is 1. The van der Waals surface area contributed by atoms with Crippen molar-refractivity contribution in [2.75, 3.05) is 6.61 Å². The molecule has 1 aromatic rings. The number of ether oxygens (including phenoxy) is 1. The van der Waals surface area contributed by atoms with E-state index >= 15 is 0 Å². The van der Waals surface area contributed by atoms with Crippen LogP contribution in [0.2, 0.25) is 0 Å². The SMILES string of the molecule is CC(C)NC(=O)CCOc1ccc2c(c1)C(=O)CCC2. The number of hydrogen-bond acceptors (Lipinski definition) is 3. The van der Waals surface area contributed by atoms with Gasteiger partial charge < -0.3 is 10.1 Å². The number of benzene rings is 1. The smallest absolute Gasteiger partial charge is 0.223 e. The zero-order chi connectivity index (χ0) is 14.5. The summed E-state index contributed by atoms with van der Waals surface area (Å²) in [4.78, 5) is 23.3. The average Bonchev–Trinajstić information content (AvgIpc) is 2.39. The van der Waals surface area contributed by atoms with Gasteiger partial charge in [0.2, 0.25) is 5.91 Å². The molecule has 1 amide bonds. The van der Waals surface area contributed by atoms with Gasteiger partial charge in [-0.1, -0.05) is 6.07 Å². The lowest BCUT2D eigenvalue weighted by molar-refractivity contribution is -0.122. The molecule has 20 heavy (non-hydrogen) atoms. The molecular formula is C16H21NO3. The van der Waals surface area contributed by atoms with Crippen LogP contribution in [-0.4, -0.2) is 24.3 Å². The average molecular weight is 275 g/mol. The van der Waals surface area contributed by atoms with Gasteiger partial charge in [-0.05, 0) is 44.4 Å². The van der Waals surface area contributed by atoms with Gasteiger partial charge in [-0.3, -0.25) is 9.59 Å². The molecule has 0 aliphatic heterocycles. The van der Waals surface area contributed by atoms with Crippen molar-refractivity contribution >= 4 is 11.7 Å². The summed E-state index contributed by atoms with van der Waals surface area (Å²) in [6.07, 6.45) is 2.83. The first kappa shape index (κ1) is 14.6. The van der Waals surface area contributed by atoms with E-state index in [2.05, 4.69) is 5.32 Å². The topological polar surface area (TPSA) is 55.4 Å². The molecule has 1 aliphatic carbocycles. The third-order valence-corrected chi connectivity index (χ3v) is 3.28. The van der Waals surface area contributed by atoms with Crippen molar-refractivity contribution in [1.29, 1.82) is 0 Å². The summed E-state index contributed by atoms with van der Waals surface area (Å²) in [6.45, 7) is 4.17. The van der Waals surface area contributed by atoms with Gasteiger partial charge in [0.25, 0.3) is 0 Å². The first-order valence-corrected chi connectivity index (χ1v) is 7.14. The van der Waals surface area contributed by atoms with Crippen molar-refractivity contribution in [2.24, 2.45) is 0 Å². The standard InChI is InChI=1S/C16H21NO3/c1-11(2)17-16(19)8-9-20-13-7-6-12-4-3-5-15(18)14(12)10-13/h6-7,10-11H,3-5,8-9H2,1-2H3,(H,17,19). The van der Waals surface area contributed by atoms with Crippen molar-refractivity contribution in [3.05, 3.63) is 29.3 Å². The minimum absolute atomic E-state index is 0.0194. The molecule has 0 radical (unpaired) electrons. The summed E-state index contributed by atoms with van der Waals surface area (Å²) in [5.41, 5.74) is 1.88. The molecule has 4 heteroatoms. The highest BCUT2D eigenvalue weighted by Crippen LogP contribution is 2.25. The Balaban J connectivity index is 1.89. The lowest BCUT2D eigenvalue weighted by Crippen LogP contribution is -2.31. The molecule has 0 aromatic heterocycles. The summed E-state index contributed by atoms with van der Waals surface area (Å²) in [7, 11) is 0. The van der Waals surface area contributed by atoms with Crippen LogP contribution in [0, 0.1) is 0 Å². The molecule has 4 nitrogen and oxygen atoms in total. The molecule has 0 saturated heterocycles. The minimum atomic E-state index is -0.0194. The maximum atomic E-state index is 11.8. The van der Waals surface area contributed by atoms with E-state index in [-0.39, 0.29) is 17.7 Å². The van der Waals surface area contributed by atoms with Gasteiger partial charge in [-0.25, -0.2) is 0 Å². The molecule has 0 atom stereocenters. The monoisotopic (exact) mass is 275 g/mol. The van der Waals surface area contributed by atoms with Crippen molar-refractivity contribution in [3.8, 4) is 5.75 Å². The molecule has 0 unspecified atom stereocenters. The molecule has 0 spiro atoms. The van der Waals surface area contributed by atoms with E-state index in [1.165, 1.54) is 0 Å². The molecular weight excluding hydrogens is 254 g/mol. The first-order chi connectivity index (χ1) is 9.56. The van der Waals surface area contributed by atoms with Crippen molar-refractivity contribution in [1.82, 2.24) is 5.32 Å².